The molecule has 4 aliphatic rings. The summed E-state index contributed by atoms with van der Waals surface area (Å²) < 4.78 is 1.93. The van der Waals surface area contributed by atoms with Crippen LogP contribution in [-0.2, 0) is 16.6 Å². The second-order valence-corrected chi connectivity index (χ2v) is 11.7. The minimum Gasteiger partial charge on any atom is -0.370 e. The summed E-state index contributed by atoms with van der Waals surface area (Å²) in [7, 11) is 1.97. The number of nitrogens with zero attached hydrogens (tertiary/aromatic N) is 4. The van der Waals surface area contributed by atoms with E-state index in [9.17, 15) is 9.59 Å². The molecule has 4 aliphatic heterocycles. The number of imide groups is 1. The lowest BCUT2D eigenvalue weighted by Gasteiger charge is -2.45. The zero-order valence-corrected chi connectivity index (χ0v) is 21.6. The van der Waals surface area contributed by atoms with Gasteiger partial charge in [-0.15, -0.1) is 0 Å². The topological polar surface area (TPSA) is 82.5 Å². The number of benzene rings is 1. The Balaban J connectivity index is 1.10. The van der Waals surface area contributed by atoms with Crippen molar-refractivity contribution in [3.05, 3.63) is 23.9 Å². The molecule has 5 heterocycles. The smallest absolute Gasteiger partial charge is 0.235 e. The maximum atomic E-state index is 12.5. The first-order chi connectivity index (χ1) is 17.5. The fourth-order valence-corrected chi connectivity index (χ4v) is 7.20. The minimum absolute atomic E-state index is 0.185. The Bertz CT molecular complexity index is 1120. The fraction of sp³-hybridized carbons (Fsp3) is 0.679. The molecule has 2 amide bonds. The standard InChI is InChI=1S/C28H40N6O2/c1-32-26-21(25(31-32)22-5-6-24(35)30-27(22)36)3-2-4-23(26)34-15-7-20(8-16-34)19-33-17-11-28(12-18-33)9-13-29-14-10-28/h2-4,20,22,29H,5-19H2,1H3,(H,30,35,36). The van der Waals surface area contributed by atoms with Crippen molar-refractivity contribution in [3.8, 4) is 0 Å². The number of rotatable bonds is 4. The Morgan fingerprint density at radius 1 is 1.00 bits per heavy atom. The van der Waals surface area contributed by atoms with Crippen molar-refractivity contribution < 1.29 is 9.59 Å². The number of nitrogens with one attached hydrogen (secondary N) is 2. The lowest BCUT2D eigenvalue weighted by atomic mass is 9.71. The molecule has 0 bridgehead atoms. The van der Waals surface area contributed by atoms with E-state index >= 15 is 0 Å². The van der Waals surface area contributed by atoms with E-state index in [2.05, 4.69) is 38.6 Å². The molecule has 1 spiro atoms. The predicted octanol–water partition coefficient (Wildman–Crippen LogP) is 2.78. The number of hydrogen-bond donors (Lipinski definition) is 2. The summed E-state index contributed by atoms with van der Waals surface area (Å²) >= 11 is 0. The molecule has 6 rings (SSSR count). The normalized spacial score (nSPS) is 26.0. The van der Waals surface area contributed by atoms with Crippen LogP contribution in [0.5, 0.6) is 0 Å². The van der Waals surface area contributed by atoms with Crippen LogP contribution in [-0.4, -0.2) is 72.3 Å². The molecule has 1 aromatic carbocycles. The van der Waals surface area contributed by atoms with Gasteiger partial charge in [-0.2, -0.15) is 5.10 Å². The van der Waals surface area contributed by atoms with Crippen LogP contribution in [0.3, 0.4) is 0 Å². The molecule has 1 unspecified atom stereocenters. The number of aryl methyl sites for hydroxylation is 1. The number of aromatic nitrogens is 2. The summed E-state index contributed by atoms with van der Waals surface area (Å²) in [5.74, 6) is 0.00526. The second-order valence-electron chi connectivity index (χ2n) is 11.7. The van der Waals surface area contributed by atoms with Crippen molar-refractivity contribution in [2.45, 2.75) is 57.3 Å². The third kappa shape index (κ3) is 4.54. The van der Waals surface area contributed by atoms with E-state index in [0.717, 1.165) is 35.6 Å². The first-order valence-electron chi connectivity index (χ1n) is 14.0. The lowest BCUT2D eigenvalue weighted by molar-refractivity contribution is -0.134. The Labute approximate surface area is 213 Å². The largest absolute Gasteiger partial charge is 0.370 e. The highest BCUT2D eigenvalue weighted by Crippen LogP contribution is 2.40. The Morgan fingerprint density at radius 2 is 1.75 bits per heavy atom. The fourth-order valence-electron chi connectivity index (χ4n) is 7.20. The average Bonchev–Trinajstić information content (AvgIpc) is 3.23. The van der Waals surface area contributed by atoms with Crippen LogP contribution < -0.4 is 15.5 Å². The van der Waals surface area contributed by atoms with Crippen molar-refractivity contribution in [1.29, 1.82) is 0 Å². The van der Waals surface area contributed by atoms with Gasteiger partial charge < -0.3 is 15.1 Å². The molecule has 8 nitrogen and oxygen atoms in total. The lowest BCUT2D eigenvalue weighted by Crippen LogP contribution is -2.47. The SMILES string of the molecule is Cn1nc(C2CCC(=O)NC2=O)c2cccc(N3CCC(CN4CCC5(CCNCC5)CC4)CC3)c21. The maximum Gasteiger partial charge on any atom is 0.235 e. The molecule has 4 fully saturated rings. The number of carbonyl (C=O) groups is 2. The van der Waals surface area contributed by atoms with Crippen LogP contribution in [0.4, 0.5) is 5.69 Å². The first kappa shape index (κ1) is 23.9. The zero-order valence-electron chi connectivity index (χ0n) is 21.6. The van der Waals surface area contributed by atoms with Gasteiger partial charge in [0.2, 0.25) is 11.8 Å². The van der Waals surface area contributed by atoms with Gasteiger partial charge in [0.25, 0.3) is 0 Å². The van der Waals surface area contributed by atoms with Crippen molar-refractivity contribution >= 4 is 28.4 Å². The van der Waals surface area contributed by atoms with Gasteiger partial charge in [-0.25, -0.2) is 0 Å². The quantitative estimate of drug-likeness (QED) is 0.639. The van der Waals surface area contributed by atoms with Gasteiger partial charge in [0, 0.05) is 38.5 Å². The second kappa shape index (κ2) is 9.78. The molecule has 36 heavy (non-hydrogen) atoms. The van der Waals surface area contributed by atoms with Gasteiger partial charge in [-0.05, 0) is 88.5 Å². The highest BCUT2D eigenvalue weighted by atomic mass is 16.2. The molecule has 4 saturated heterocycles. The average molecular weight is 493 g/mol. The Hall–Kier alpha value is -2.45. The molecule has 8 heteroatoms. The van der Waals surface area contributed by atoms with Crippen LogP contribution in [0.25, 0.3) is 10.9 Å². The number of anilines is 1. The summed E-state index contributed by atoms with van der Waals surface area (Å²) in [4.78, 5) is 29.4. The summed E-state index contributed by atoms with van der Waals surface area (Å²) in [6.45, 7) is 8.33. The van der Waals surface area contributed by atoms with Gasteiger partial charge in [-0.3, -0.25) is 19.6 Å². The summed E-state index contributed by atoms with van der Waals surface area (Å²) in [5.41, 5.74) is 3.73. The van der Waals surface area contributed by atoms with Crippen molar-refractivity contribution in [2.75, 3.05) is 50.7 Å². The first-order valence-corrected chi connectivity index (χ1v) is 14.0. The van der Waals surface area contributed by atoms with Crippen LogP contribution in [0.15, 0.2) is 18.2 Å². The van der Waals surface area contributed by atoms with Gasteiger partial charge in [0.15, 0.2) is 0 Å². The van der Waals surface area contributed by atoms with Gasteiger partial charge in [0.1, 0.15) is 0 Å². The van der Waals surface area contributed by atoms with Gasteiger partial charge in [-0.1, -0.05) is 12.1 Å². The highest BCUT2D eigenvalue weighted by Gasteiger charge is 2.36. The molecular formula is C28H40N6O2. The molecule has 1 atom stereocenters. The number of hydrogen-bond acceptors (Lipinski definition) is 6. The molecule has 2 N–H and O–H groups in total. The molecule has 0 saturated carbocycles. The predicted molar refractivity (Wildman–Crippen MR) is 141 cm³/mol. The zero-order chi connectivity index (χ0) is 24.7. The van der Waals surface area contributed by atoms with Gasteiger partial charge >= 0.3 is 0 Å². The summed E-state index contributed by atoms with van der Waals surface area (Å²) in [6.07, 6.45) is 8.84. The number of para-hydroxylation sites is 1. The number of likely N-dealkylation sites (tertiary alicyclic amines) is 1. The van der Waals surface area contributed by atoms with Crippen LogP contribution >= 0.6 is 0 Å². The highest BCUT2D eigenvalue weighted by molar-refractivity contribution is 6.03. The van der Waals surface area contributed by atoms with E-state index in [1.54, 1.807) is 0 Å². The van der Waals surface area contributed by atoms with E-state index in [1.165, 1.54) is 76.9 Å². The molecule has 2 aromatic rings. The summed E-state index contributed by atoms with van der Waals surface area (Å²) in [6, 6.07) is 6.36. The molecule has 0 aliphatic carbocycles. The molecule has 194 valence electrons. The molecule has 0 radical (unpaired) electrons. The van der Waals surface area contributed by atoms with E-state index in [4.69, 9.17) is 5.10 Å². The Morgan fingerprint density at radius 3 is 2.47 bits per heavy atom. The van der Waals surface area contributed by atoms with Gasteiger partial charge in [0.05, 0.1) is 22.8 Å². The number of carbonyl (C=O) groups excluding carboxylic acids is 2. The number of piperidine rings is 4. The Kier molecular flexibility index (Phi) is 6.50. The van der Waals surface area contributed by atoms with Crippen LogP contribution in [0, 0.1) is 11.3 Å². The van der Waals surface area contributed by atoms with E-state index in [1.807, 2.05) is 11.7 Å². The maximum absolute atomic E-state index is 12.5. The van der Waals surface area contributed by atoms with Crippen molar-refractivity contribution in [3.63, 3.8) is 0 Å². The third-order valence-corrected chi connectivity index (χ3v) is 9.49. The minimum atomic E-state index is -0.360. The van der Waals surface area contributed by atoms with E-state index in [-0.39, 0.29) is 17.7 Å². The van der Waals surface area contributed by atoms with E-state index < -0.39 is 0 Å². The molecular weight excluding hydrogens is 452 g/mol. The van der Waals surface area contributed by atoms with Crippen LogP contribution in [0.1, 0.15) is 63.0 Å². The molecule has 1 aromatic heterocycles. The monoisotopic (exact) mass is 492 g/mol. The van der Waals surface area contributed by atoms with Crippen LogP contribution in [0.2, 0.25) is 0 Å². The number of fused-ring (bicyclic) bond motifs is 1. The van der Waals surface area contributed by atoms with Crippen molar-refractivity contribution in [2.24, 2.45) is 18.4 Å². The number of amides is 2. The summed E-state index contributed by atoms with van der Waals surface area (Å²) in [5, 5.41) is 11.8. The van der Waals surface area contributed by atoms with Crippen molar-refractivity contribution in [1.82, 2.24) is 25.3 Å². The van der Waals surface area contributed by atoms with E-state index in [0.29, 0.717) is 18.3 Å². The third-order valence-electron chi connectivity index (χ3n) is 9.49.